The minimum absolute atomic E-state index is 0.123. The molecule has 0 saturated carbocycles. The monoisotopic (exact) mass is 192 g/mol. The lowest BCUT2D eigenvalue weighted by Crippen LogP contribution is -2.37. The van der Waals surface area contributed by atoms with Crippen molar-refractivity contribution in [3.63, 3.8) is 0 Å². The first-order valence-electron chi connectivity index (χ1n) is 3.86. The largest absolute Gasteiger partial charge is 0.302 e. The fourth-order valence-corrected chi connectivity index (χ4v) is 3.31. The van der Waals surface area contributed by atoms with Crippen LogP contribution in [0, 0.1) is 6.92 Å². The summed E-state index contributed by atoms with van der Waals surface area (Å²) >= 11 is 0. The van der Waals surface area contributed by atoms with Gasteiger partial charge in [0.05, 0.1) is 0 Å². The quantitative estimate of drug-likeness (QED) is 0.626. The molecule has 0 spiro atoms. The first kappa shape index (κ1) is 9.42. The van der Waals surface area contributed by atoms with E-state index in [0.717, 1.165) is 47.8 Å². The van der Waals surface area contributed by atoms with Crippen LogP contribution in [0.4, 0.5) is 0 Å². The Morgan fingerprint density at radius 3 is 2.55 bits per heavy atom. The lowest BCUT2D eigenvalue weighted by atomic mass is 10.4. The second-order valence-electron chi connectivity index (χ2n) is 2.61. The molecule has 0 aromatic rings. The Morgan fingerprint density at radius 2 is 2.09 bits per heavy atom. The molecule has 2 nitrogen and oxygen atoms in total. The SMILES string of the molecule is [CH2]CCN1CCS(=S=O)CC1. The van der Waals surface area contributed by atoms with E-state index in [2.05, 4.69) is 11.8 Å². The predicted molar refractivity (Wildman–Crippen MR) is 51.7 cm³/mol. The molecular weight excluding hydrogens is 178 g/mol. The van der Waals surface area contributed by atoms with Gasteiger partial charge in [-0.1, -0.05) is 16.4 Å². The van der Waals surface area contributed by atoms with Crippen LogP contribution in [0.15, 0.2) is 0 Å². The summed E-state index contributed by atoms with van der Waals surface area (Å²) < 4.78 is 10.4. The van der Waals surface area contributed by atoms with Gasteiger partial charge < -0.3 is 4.90 Å². The molecule has 65 valence electrons. The van der Waals surface area contributed by atoms with E-state index in [0.29, 0.717) is 0 Å². The summed E-state index contributed by atoms with van der Waals surface area (Å²) in [5.41, 5.74) is 0. The summed E-state index contributed by atoms with van der Waals surface area (Å²) in [5, 5.41) is 0. The summed E-state index contributed by atoms with van der Waals surface area (Å²) in [5.74, 6) is 2.18. The van der Waals surface area contributed by atoms with Crippen LogP contribution < -0.4 is 0 Å². The van der Waals surface area contributed by atoms with Crippen LogP contribution in [-0.2, 0) is 19.7 Å². The zero-order valence-electron chi connectivity index (χ0n) is 6.62. The lowest BCUT2D eigenvalue weighted by molar-refractivity contribution is 0.307. The first-order valence-corrected chi connectivity index (χ1v) is 6.68. The van der Waals surface area contributed by atoms with Crippen molar-refractivity contribution in [3.05, 3.63) is 6.92 Å². The fourth-order valence-electron chi connectivity index (χ4n) is 1.19. The molecule has 0 N–H and O–H groups in total. The highest BCUT2D eigenvalue weighted by Gasteiger charge is 2.11. The van der Waals surface area contributed by atoms with Crippen LogP contribution in [0.25, 0.3) is 0 Å². The van der Waals surface area contributed by atoms with E-state index in [4.69, 9.17) is 0 Å². The number of nitrogens with zero attached hydrogens (tertiary/aromatic N) is 1. The molecule has 1 radical (unpaired) electrons. The maximum Gasteiger partial charge on any atom is 0.120 e. The summed E-state index contributed by atoms with van der Waals surface area (Å²) in [6.45, 7) is 7.12. The zero-order valence-corrected chi connectivity index (χ0v) is 8.25. The molecule has 1 rings (SSSR count). The second kappa shape index (κ2) is 5.06. The average Bonchev–Trinajstić information content (AvgIpc) is 2.07. The molecule has 11 heavy (non-hydrogen) atoms. The van der Waals surface area contributed by atoms with Crippen molar-refractivity contribution in [3.8, 4) is 0 Å². The van der Waals surface area contributed by atoms with E-state index in [1.165, 1.54) is 0 Å². The topological polar surface area (TPSA) is 20.3 Å². The van der Waals surface area contributed by atoms with Crippen molar-refractivity contribution in [2.45, 2.75) is 6.42 Å². The Labute approximate surface area is 73.6 Å². The third kappa shape index (κ3) is 3.05. The molecule has 0 aromatic heterocycles. The highest BCUT2D eigenvalue weighted by Crippen LogP contribution is 2.00. The lowest BCUT2D eigenvalue weighted by Gasteiger charge is -2.26. The van der Waals surface area contributed by atoms with Gasteiger partial charge in [-0.2, -0.15) is 0 Å². The van der Waals surface area contributed by atoms with Gasteiger partial charge in [0, 0.05) is 24.6 Å². The summed E-state index contributed by atoms with van der Waals surface area (Å²) in [4.78, 5) is 2.40. The van der Waals surface area contributed by atoms with Crippen LogP contribution in [-0.4, -0.2) is 40.2 Å². The van der Waals surface area contributed by atoms with Gasteiger partial charge in [-0.15, -0.1) is 0 Å². The molecule has 0 amide bonds. The molecule has 1 saturated heterocycles. The van der Waals surface area contributed by atoms with E-state index in [1.54, 1.807) is 0 Å². The van der Waals surface area contributed by atoms with Gasteiger partial charge in [0.15, 0.2) is 0 Å². The average molecular weight is 192 g/mol. The van der Waals surface area contributed by atoms with Gasteiger partial charge >= 0.3 is 0 Å². The van der Waals surface area contributed by atoms with Crippen LogP contribution in [0.3, 0.4) is 0 Å². The number of hydrogen-bond acceptors (Lipinski definition) is 2. The maximum atomic E-state index is 10.4. The van der Waals surface area contributed by atoms with Gasteiger partial charge in [0.25, 0.3) is 0 Å². The third-order valence-electron chi connectivity index (χ3n) is 1.84. The normalized spacial score (nSPS) is 21.9. The minimum atomic E-state index is 0.123. The molecule has 0 aromatic carbocycles. The van der Waals surface area contributed by atoms with E-state index < -0.39 is 0 Å². The Balaban J connectivity index is 2.30. The zero-order chi connectivity index (χ0) is 8.10. The highest BCUT2D eigenvalue weighted by molar-refractivity contribution is 8.31. The first-order chi connectivity index (χ1) is 5.36. The van der Waals surface area contributed by atoms with E-state index in [-0.39, 0.29) is 9.45 Å². The maximum absolute atomic E-state index is 10.4. The van der Waals surface area contributed by atoms with Crippen LogP contribution in [0.5, 0.6) is 0 Å². The van der Waals surface area contributed by atoms with Crippen molar-refractivity contribution in [1.29, 1.82) is 0 Å². The Bertz CT molecular complexity index is 167. The molecule has 0 aliphatic carbocycles. The molecule has 1 aliphatic heterocycles. The van der Waals surface area contributed by atoms with Crippen LogP contribution in [0.2, 0.25) is 0 Å². The summed E-state index contributed by atoms with van der Waals surface area (Å²) in [7, 11) is 0.924. The smallest absolute Gasteiger partial charge is 0.120 e. The van der Waals surface area contributed by atoms with Gasteiger partial charge in [0.1, 0.15) is 10.2 Å². The van der Waals surface area contributed by atoms with Gasteiger partial charge in [-0.05, 0) is 13.0 Å². The predicted octanol–water partition coefficient (Wildman–Crippen LogP) is 0.272. The molecule has 0 unspecified atom stereocenters. The van der Waals surface area contributed by atoms with E-state index in [1.807, 2.05) is 0 Å². The Morgan fingerprint density at radius 1 is 1.45 bits per heavy atom. The van der Waals surface area contributed by atoms with Crippen LogP contribution in [0.1, 0.15) is 6.42 Å². The molecule has 0 bridgehead atoms. The third-order valence-corrected chi connectivity index (χ3v) is 4.89. The van der Waals surface area contributed by atoms with Gasteiger partial charge in [-0.3, -0.25) is 0 Å². The number of rotatable bonds is 2. The van der Waals surface area contributed by atoms with Gasteiger partial charge in [0.2, 0.25) is 0 Å². The molecule has 0 atom stereocenters. The molecule has 1 aliphatic rings. The van der Waals surface area contributed by atoms with Crippen molar-refractivity contribution >= 4 is 19.7 Å². The van der Waals surface area contributed by atoms with E-state index >= 15 is 0 Å². The van der Waals surface area contributed by atoms with Gasteiger partial charge in [-0.25, -0.2) is 4.21 Å². The molecule has 4 heteroatoms. The standard InChI is InChI=1S/C7H14NOS2/c1-2-3-8-4-6-11(10-9)7-5-8/h1-7H2. The summed E-state index contributed by atoms with van der Waals surface area (Å²) in [6.07, 6.45) is 0.984. The minimum Gasteiger partial charge on any atom is -0.302 e. The second-order valence-corrected chi connectivity index (χ2v) is 6.27. The summed E-state index contributed by atoms with van der Waals surface area (Å²) in [6, 6.07) is 0. The fraction of sp³-hybridized carbons (Fsp3) is 0.857. The van der Waals surface area contributed by atoms with E-state index in [9.17, 15) is 4.21 Å². The molecule has 1 heterocycles. The Kier molecular flexibility index (Phi) is 4.33. The van der Waals surface area contributed by atoms with Crippen molar-refractivity contribution in [1.82, 2.24) is 4.90 Å². The molecular formula is C7H14NOS2. The van der Waals surface area contributed by atoms with Crippen molar-refractivity contribution in [2.24, 2.45) is 0 Å². The number of hydrogen-bond donors (Lipinski definition) is 0. The highest BCUT2D eigenvalue weighted by atomic mass is 32.8. The molecule has 1 fully saturated rings. The Hall–Kier alpha value is 0.330. The van der Waals surface area contributed by atoms with Crippen molar-refractivity contribution < 1.29 is 4.21 Å². The van der Waals surface area contributed by atoms with Crippen molar-refractivity contribution in [2.75, 3.05) is 31.1 Å². The van der Waals surface area contributed by atoms with Crippen LogP contribution >= 0.6 is 0 Å².